The molecule has 0 unspecified atom stereocenters. The quantitative estimate of drug-likeness (QED) is 0.825. The van der Waals surface area contributed by atoms with Crippen molar-refractivity contribution in [1.82, 2.24) is 9.80 Å². The van der Waals surface area contributed by atoms with Crippen molar-refractivity contribution < 1.29 is 9.53 Å². The van der Waals surface area contributed by atoms with Gasteiger partial charge in [0.05, 0.1) is 7.11 Å². The van der Waals surface area contributed by atoms with Crippen LogP contribution in [0.25, 0.3) is 0 Å². The zero-order valence-electron chi connectivity index (χ0n) is 10.4. The maximum Gasteiger partial charge on any atom is 0.409 e. The predicted molar refractivity (Wildman–Crippen MR) is 70.7 cm³/mol. The Morgan fingerprint density at radius 1 is 1.28 bits per heavy atom. The fourth-order valence-electron chi connectivity index (χ4n) is 2.09. The smallest absolute Gasteiger partial charge is 0.409 e. The largest absolute Gasteiger partial charge is 0.453 e. The zero-order chi connectivity index (χ0) is 13.0. The van der Waals surface area contributed by atoms with Crippen LogP contribution in [-0.2, 0) is 11.3 Å². The molecule has 0 atom stereocenters. The molecule has 1 aliphatic heterocycles. The lowest BCUT2D eigenvalue weighted by Gasteiger charge is -2.33. The second-order valence-corrected chi connectivity index (χ2v) is 4.73. The van der Waals surface area contributed by atoms with Crippen molar-refractivity contribution in [3.8, 4) is 0 Å². The van der Waals surface area contributed by atoms with Gasteiger partial charge in [-0.05, 0) is 11.6 Å². The second kappa shape index (κ2) is 6.07. The monoisotopic (exact) mass is 268 g/mol. The molecule has 1 fully saturated rings. The minimum Gasteiger partial charge on any atom is -0.453 e. The Bertz CT molecular complexity index is 417. The van der Waals surface area contributed by atoms with Gasteiger partial charge in [-0.1, -0.05) is 29.8 Å². The van der Waals surface area contributed by atoms with Gasteiger partial charge in [0.2, 0.25) is 0 Å². The van der Waals surface area contributed by atoms with Gasteiger partial charge in [0.25, 0.3) is 0 Å². The van der Waals surface area contributed by atoms with Gasteiger partial charge in [-0.2, -0.15) is 0 Å². The van der Waals surface area contributed by atoms with Crippen LogP contribution < -0.4 is 0 Å². The van der Waals surface area contributed by atoms with Crippen molar-refractivity contribution in [2.24, 2.45) is 0 Å². The lowest BCUT2D eigenvalue weighted by molar-refractivity contribution is 0.0889. The third kappa shape index (κ3) is 3.15. The summed E-state index contributed by atoms with van der Waals surface area (Å²) in [7, 11) is 1.42. The summed E-state index contributed by atoms with van der Waals surface area (Å²) in [4.78, 5) is 15.4. The fourth-order valence-corrected chi connectivity index (χ4v) is 2.28. The molecule has 0 radical (unpaired) electrons. The Balaban J connectivity index is 1.87. The van der Waals surface area contributed by atoms with Gasteiger partial charge in [0, 0.05) is 37.7 Å². The number of rotatable bonds is 2. The van der Waals surface area contributed by atoms with Gasteiger partial charge in [0.15, 0.2) is 0 Å². The average molecular weight is 269 g/mol. The molecule has 0 bridgehead atoms. The molecule has 18 heavy (non-hydrogen) atoms. The molecule has 4 nitrogen and oxygen atoms in total. The Hall–Kier alpha value is -1.26. The Morgan fingerprint density at radius 2 is 1.94 bits per heavy atom. The Labute approximate surface area is 112 Å². The molecule has 1 amide bonds. The summed E-state index contributed by atoms with van der Waals surface area (Å²) in [6.07, 6.45) is -0.243. The highest BCUT2D eigenvalue weighted by Crippen LogP contribution is 2.17. The van der Waals surface area contributed by atoms with E-state index in [0.29, 0.717) is 13.1 Å². The normalized spacial score (nSPS) is 16.7. The number of carbonyl (C=O) groups is 1. The number of methoxy groups -OCH3 is 1. The van der Waals surface area contributed by atoms with Crippen LogP contribution in [0.15, 0.2) is 24.3 Å². The van der Waals surface area contributed by atoms with Gasteiger partial charge in [0.1, 0.15) is 0 Å². The average Bonchev–Trinajstić information content (AvgIpc) is 2.41. The number of piperazine rings is 1. The molecule has 5 heteroatoms. The number of hydrogen-bond donors (Lipinski definition) is 0. The Morgan fingerprint density at radius 3 is 2.56 bits per heavy atom. The molecule has 1 saturated heterocycles. The minimum absolute atomic E-state index is 0.243. The lowest BCUT2D eigenvalue weighted by Crippen LogP contribution is -2.48. The van der Waals surface area contributed by atoms with E-state index in [2.05, 4.69) is 4.90 Å². The van der Waals surface area contributed by atoms with E-state index in [1.165, 1.54) is 7.11 Å². The van der Waals surface area contributed by atoms with Gasteiger partial charge >= 0.3 is 6.09 Å². The molecule has 2 rings (SSSR count). The minimum atomic E-state index is -0.243. The first-order chi connectivity index (χ1) is 8.70. The molecule has 0 saturated carbocycles. The molecule has 1 aromatic carbocycles. The van der Waals surface area contributed by atoms with E-state index < -0.39 is 0 Å². The summed E-state index contributed by atoms with van der Waals surface area (Å²) in [5.41, 5.74) is 1.13. The number of nitrogens with zero attached hydrogens (tertiary/aromatic N) is 2. The molecule has 1 aromatic rings. The van der Waals surface area contributed by atoms with Crippen LogP contribution in [0.3, 0.4) is 0 Å². The molecule has 98 valence electrons. The Kier molecular flexibility index (Phi) is 4.44. The summed E-state index contributed by atoms with van der Waals surface area (Å²) in [6, 6.07) is 7.86. The van der Waals surface area contributed by atoms with Crippen LogP contribution in [0.5, 0.6) is 0 Å². The topological polar surface area (TPSA) is 32.8 Å². The highest BCUT2D eigenvalue weighted by atomic mass is 35.5. The predicted octanol–water partition coefficient (Wildman–Crippen LogP) is 2.22. The number of hydrogen-bond acceptors (Lipinski definition) is 3. The van der Waals surface area contributed by atoms with E-state index in [9.17, 15) is 4.79 Å². The van der Waals surface area contributed by atoms with E-state index in [-0.39, 0.29) is 6.09 Å². The zero-order valence-corrected chi connectivity index (χ0v) is 11.2. The maximum atomic E-state index is 11.4. The molecule has 0 aromatic heterocycles. The first-order valence-electron chi connectivity index (χ1n) is 5.99. The van der Waals surface area contributed by atoms with E-state index >= 15 is 0 Å². The SMILES string of the molecule is COC(=O)N1CCN(Cc2ccccc2Cl)CC1. The molecular weight excluding hydrogens is 252 g/mol. The van der Waals surface area contributed by atoms with E-state index in [4.69, 9.17) is 16.3 Å². The van der Waals surface area contributed by atoms with E-state index in [1.807, 2.05) is 24.3 Å². The molecule has 0 N–H and O–H groups in total. The van der Waals surface area contributed by atoms with Crippen molar-refractivity contribution >= 4 is 17.7 Å². The van der Waals surface area contributed by atoms with E-state index in [1.54, 1.807) is 4.90 Å². The first-order valence-corrected chi connectivity index (χ1v) is 6.37. The molecule has 0 spiro atoms. The fraction of sp³-hybridized carbons (Fsp3) is 0.462. The third-order valence-corrected chi connectivity index (χ3v) is 3.53. The van der Waals surface area contributed by atoms with Gasteiger partial charge in [-0.25, -0.2) is 4.79 Å². The van der Waals surface area contributed by atoms with Crippen LogP contribution in [0.1, 0.15) is 5.56 Å². The molecule has 0 aliphatic carbocycles. The van der Waals surface area contributed by atoms with Crippen LogP contribution in [-0.4, -0.2) is 49.2 Å². The number of halogens is 1. The highest BCUT2D eigenvalue weighted by Gasteiger charge is 2.21. The third-order valence-electron chi connectivity index (χ3n) is 3.16. The van der Waals surface area contributed by atoms with Crippen LogP contribution in [0, 0.1) is 0 Å². The number of amides is 1. The molecule has 1 heterocycles. The standard InChI is InChI=1S/C13H17ClN2O2/c1-18-13(17)16-8-6-15(7-9-16)10-11-4-2-3-5-12(11)14/h2-5H,6-10H2,1H3. The number of benzene rings is 1. The summed E-state index contributed by atoms with van der Waals surface area (Å²) in [6.45, 7) is 3.93. The number of ether oxygens (including phenoxy) is 1. The summed E-state index contributed by atoms with van der Waals surface area (Å²) >= 11 is 6.13. The first kappa shape index (κ1) is 13.2. The number of carbonyl (C=O) groups excluding carboxylic acids is 1. The maximum absolute atomic E-state index is 11.4. The van der Waals surface area contributed by atoms with E-state index in [0.717, 1.165) is 30.2 Å². The van der Waals surface area contributed by atoms with Gasteiger partial charge in [-0.3, -0.25) is 4.90 Å². The van der Waals surface area contributed by atoms with Crippen molar-refractivity contribution in [3.63, 3.8) is 0 Å². The molecule has 1 aliphatic rings. The van der Waals surface area contributed by atoms with Crippen LogP contribution >= 0.6 is 11.6 Å². The van der Waals surface area contributed by atoms with Crippen molar-refractivity contribution in [1.29, 1.82) is 0 Å². The van der Waals surface area contributed by atoms with Crippen LogP contribution in [0.2, 0.25) is 5.02 Å². The van der Waals surface area contributed by atoms with Gasteiger partial charge < -0.3 is 9.64 Å². The summed E-state index contributed by atoms with van der Waals surface area (Å²) < 4.78 is 4.71. The van der Waals surface area contributed by atoms with Crippen molar-refractivity contribution in [3.05, 3.63) is 34.9 Å². The van der Waals surface area contributed by atoms with Crippen molar-refractivity contribution in [2.45, 2.75) is 6.54 Å². The summed E-state index contributed by atoms with van der Waals surface area (Å²) in [5.74, 6) is 0. The van der Waals surface area contributed by atoms with Crippen LogP contribution in [0.4, 0.5) is 4.79 Å². The van der Waals surface area contributed by atoms with Crippen molar-refractivity contribution in [2.75, 3.05) is 33.3 Å². The van der Waals surface area contributed by atoms with Gasteiger partial charge in [-0.15, -0.1) is 0 Å². The lowest BCUT2D eigenvalue weighted by atomic mass is 10.2. The highest BCUT2D eigenvalue weighted by molar-refractivity contribution is 6.31. The second-order valence-electron chi connectivity index (χ2n) is 4.32. The summed E-state index contributed by atoms with van der Waals surface area (Å²) in [5, 5.41) is 0.799. The molecular formula is C13H17ClN2O2.